The Hall–Kier alpha value is -1.31. The lowest BCUT2D eigenvalue weighted by molar-refractivity contribution is -0.0979. The molecule has 72 valence electrons. The lowest BCUT2D eigenvalue weighted by Crippen LogP contribution is -2.22. The minimum absolute atomic E-state index is 0.0959. The maximum absolute atomic E-state index is 8.00. The summed E-state index contributed by atoms with van der Waals surface area (Å²) in [6, 6.07) is 9.86. The molecule has 0 aromatic heterocycles. The van der Waals surface area contributed by atoms with E-state index >= 15 is 0 Å². The van der Waals surface area contributed by atoms with Crippen molar-refractivity contribution in [3.63, 3.8) is 0 Å². The highest BCUT2D eigenvalue weighted by molar-refractivity contribution is 5.21. The van der Waals surface area contributed by atoms with E-state index in [1.54, 1.807) is 0 Å². The van der Waals surface area contributed by atoms with Gasteiger partial charge in [0.25, 0.3) is 0 Å². The zero-order valence-corrected chi connectivity index (χ0v) is 8.41. The summed E-state index contributed by atoms with van der Waals surface area (Å²) in [5.74, 6) is 0.931. The average Bonchev–Trinajstić information content (AvgIpc) is 2.07. The molecule has 0 bridgehead atoms. The second-order valence-corrected chi connectivity index (χ2v) is 3.53. The van der Waals surface area contributed by atoms with Gasteiger partial charge in [0.05, 0.1) is 0 Å². The highest BCUT2D eigenvalue weighted by Gasteiger charge is 2.10. The smallest absolute Gasteiger partial charge is 0.120 e. The summed E-state index contributed by atoms with van der Waals surface area (Å²) in [4.78, 5) is 8.00. The molecule has 2 nitrogen and oxygen atoms in total. The van der Waals surface area contributed by atoms with Crippen molar-refractivity contribution >= 4 is 6.79 Å². The first-order chi connectivity index (χ1) is 6.08. The number of hydrogen-bond acceptors (Lipinski definition) is 2. The fraction of sp³-hybridized carbons (Fsp3) is 0.364. The SMILES string of the molecule is C=O.CC(C)(C)Oc1ccccc1. The highest BCUT2D eigenvalue weighted by atomic mass is 16.5. The first kappa shape index (κ1) is 11.7. The van der Waals surface area contributed by atoms with E-state index in [2.05, 4.69) is 0 Å². The third-order valence-electron chi connectivity index (χ3n) is 1.17. The first-order valence-corrected chi connectivity index (χ1v) is 4.11. The topological polar surface area (TPSA) is 26.3 Å². The molecule has 0 radical (unpaired) electrons. The number of hydrogen-bond donors (Lipinski definition) is 0. The van der Waals surface area contributed by atoms with Crippen molar-refractivity contribution < 1.29 is 9.53 Å². The summed E-state index contributed by atoms with van der Waals surface area (Å²) in [6.07, 6.45) is 0. The minimum Gasteiger partial charge on any atom is -0.488 e. The Morgan fingerprint density at radius 3 is 1.92 bits per heavy atom. The van der Waals surface area contributed by atoms with Crippen molar-refractivity contribution in [2.45, 2.75) is 26.4 Å². The molecule has 0 atom stereocenters. The maximum Gasteiger partial charge on any atom is 0.120 e. The standard InChI is InChI=1S/C10H14O.CH2O/c1-10(2,3)11-9-7-5-4-6-8-9;1-2/h4-8H,1-3H3;1H2. The molecule has 0 aliphatic carbocycles. The van der Waals surface area contributed by atoms with Gasteiger partial charge in [-0.1, -0.05) is 18.2 Å². The van der Waals surface area contributed by atoms with Gasteiger partial charge < -0.3 is 9.53 Å². The zero-order valence-electron chi connectivity index (χ0n) is 8.41. The Bertz CT molecular complexity index is 224. The summed E-state index contributed by atoms with van der Waals surface area (Å²) in [5.41, 5.74) is -0.0959. The summed E-state index contributed by atoms with van der Waals surface area (Å²) >= 11 is 0. The van der Waals surface area contributed by atoms with Crippen LogP contribution in [0.1, 0.15) is 20.8 Å². The lowest BCUT2D eigenvalue weighted by Gasteiger charge is -2.20. The van der Waals surface area contributed by atoms with Crippen LogP contribution in [0.25, 0.3) is 0 Å². The minimum atomic E-state index is -0.0959. The molecule has 0 aliphatic rings. The third kappa shape index (κ3) is 5.91. The highest BCUT2D eigenvalue weighted by Crippen LogP contribution is 2.16. The first-order valence-electron chi connectivity index (χ1n) is 4.11. The lowest BCUT2D eigenvalue weighted by atomic mass is 10.2. The van der Waals surface area contributed by atoms with Gasteiger partial charge in [-0.3, -0.25) is 0 Å². The molecule has 0 heterocycles. The van der Waals surface area contributed by atoms with Crippen molar-refractivity contribution in [3.05, 3.63) is 30.3 Å². The molecule has 1 aromatic rings. The molecular formula is C11H16O2. The van der Waals surface area contributed by atoms with Crippen LogP contribution in [0.2, 0.25) is 0 Å². The van der Waals surface area contributed by atoms with Crippen LogP contribution < -0.4 is 4.74 Å². The van der Waals surface area contributed by atoms with Gasteiger partial charge in [-0.2, -0.15) is 0 Å². The van der Waals surface area contributed by atoms with E-state index in [9.17, 15) is 0 Å². The number of ether oxygens (including phenoxy) is 1. The van der Waals surface area contributed by atoms with E-state index in [4.69, 9.17) is 9.53 Å². The molecular weight excluding hydrogens is 164 g/mol. The van der Waals surface area contributed by atoms with Crippen LogP contribution in [0.3, 0.4) is 0 Å². The van der Waals surface area contributed by atoms with Crippen LogP contribution in [-0.2, 0) is 4.79 Å². The number of benzene rings is 1. The van der Waals surface area contributed by atoms with Crippen molar-refractivity contribution in [1.82, 2.24) is 0 Å². The predicted molar refractivity (Wildman–Crippen MR) is 53.9 cm³/mol. The third-order valence-corrected chi connectivity index (χ3v) is 1.17. The normalized spacial score (nSPS) is 9.77. The van der Waals surface area contributed by atoms with Crippen LogP contribution in [0.5, 0.6) is 5.75 Å². The Morgan fingerprint density at radius 2 is 1.54 bits per heavy atom. The second-order valence-electron chi connectivity index (χ2n) is 3.53. The molecule has 0 saturated carbocycles. The molecule has 0 fully saturated rings. The Morgan fingerprint density at radius 1 is 1.08 bits per heavy atom. The van der Waals surface area contributed by atoms with Crippen molar-refractivity contribution in [2.75, 3.05) is 0 Å². The van der Waals surface area contributed by atoms with E-state index in [0.717, 1.165) is 5.75 Å². The summed E-state index contributed by atoms with van der Waals surface area (Å²) in [7, 11) is 0. The van der Waals surface area contributed by atoms with Gasteiger partial charge in [-0.15, -0.1) is 0 Å². The van der Waals surface area contributed by atoms with Crippen LogP contribution in [0.4, 0.5) is 0 Å². The van der Waals surface area contributed by atoms with E-state index < -0.39 is 0 Å². The number of para-hydroxylation sites is 1. The summed E-state index contributed by atoms with van der Waals surface area (Å²) in [6.45, 7) is 8.12. The number of rotatable bonds is 1. The van der Waals surface area contributed by atoms with E-state index in [0.29, 0.717) is 0 Å². The zero-order chi connectivity index (χ0) is 10.3. The van der Waals surface area contributed by atoms with E-state index in [1.165, 1.54) is 0 Å². The van der Waals surface area contributed by atoms with E-state index in [1.807, 2.05) is 57.9 Å². The van der Waals surface area contributed by atoms with Crippen LogP contribution in [0.15, 0.2) is 30.3 Å². The van der Waals surface area contributed by atoms with Crippen LogP contribution in [-0.4, -0.2) is 12.4 Å². The molecule has 0 unspecified atom stereocenters. The molecule has 0 aliphatic heterocycles. The largest absolute Gasteiger partial charge is 0.488 e. The second kappa shape index (κ2) is 5.36. The fourth-order valence-corrected chi connectivity index (χ4v) is 0.842. The van der Waals surface area contributed by atoms with Gasteiger partial charge in [-0.05, 0) is 32.9 Å². The van der Waals surface area contributed by atoms with Gasteiger partial charge in [0.15, 0.2) is 0 Å². The van der Waals surface area contributed by atoms with Crippen LogP contribution in [0, 0.1) is 0 Å². The molecule has 0 spiro atoms. The Balaban J connectivity index is 0.000000671. The number of carbonyl (C=O) groups is 1. The molecule has 2 heteroatoms. The molecule has 13 heavy (non-hydrogen) atoms. The quantitative estimate of drug-likeness (QED) is 0.664. The van der Waals surface area contributed by atoms with Crippen molar-refractivity contribution in [1.29, 1.82) is 0 Å². The molecule has 0 amide bonds. The number of carbonyl (C=O) groups excluding carboxylic acids is 1. The van der Waals surface area contributed by atoms with Gasteiger partial charge in [0.1, 0.15) is 18.1 Å². The summed E-state index contributed by atoms with van der Waals surface area (Å²) < 4.78 is 5.60. The predicted octanol–water partition coefficient (Wildman–Crippen LogP) is 2.68. The molecule has 1 rings (SSSR count). The fourth-order valence-electron chi connectivity index (χ4n) is 0.842. The molecule has 0 N–H and O–H groups in total. The molecule has 1 aromatic carbocycles. The maximum atomic E-state index is 8.00. The van der Waals surface area contributed by atoms with Gasteiger partial charge in [-0.25, -0.2) is 0 Å². The van der Waals surface area contributed by atoms with Crippen LogP contribution >= 0.6 is 0 Å². The van der Waals surface area contributed by atoms with Crippen molar-refractivity contribution in [3.8, 4) is 5.75 Å². The van der Waals surface area contributed by atoms with Gasteiger partial charge >= 0.3 is 0 Å². The van der Waals surface area contributed by atoms with E-state index in [-0.39, 0.29) is 5.60 Å². The van der Waals surface area contributed by atoms with Gasteiger partial charge in [0, 0.05) is 0 Å². The summed E-state index contributed by atoms with van der Waals surface area (Å²) in [5, 5.41) is 0. The van der Waals surface area contributed by atoms with Gasteiger partial charge in [0.2, 0.25) is 0 Å². The Labute approximate surface area is 79.5 Å². The Kier molecular flexibility index (Phi) is 4.82. The molecule has 0 saturated heterocycles. The van der Waals surface area contributed by atoms with Crippen molar-refractivity contribution in [2.24, 2.45) is 0 Å². The monoisotopic (exact) mass is 180 g/mol. The average molecular weight is 180 g/mol.